The fourth-order valence-electron chi connectivity index (χ4n) is 1.06. The number of hydrogen-bond acceptors (Lipinski definition) is 4. The lowest BCUT2D eigenvalue weighted by Crippen LogP contribution is -2.22. The number of thioether (sulfide) groups is 1. The standard InChI is InChI=1S/C9H19N3O2S/c1-2-15-9(11)12-7(8(13)14)5-3-4-6-10/h7H,2-6,10H2,1H3,(H2,11,12)(H,13,14)/t7-/m0/s1. The van der Waals surface area contributed by atoms with Crippen LogP contribution in [0.25, 0.3) is 0 Å². The van der Waals surface area contributed by atoms with Gasteiger partial charge in [0.2, 0.25) is 0 Å². The zero-order valence-corrected chi connectivity index (χ0v) is 9.80. The molecule has 0 bridgehead atoms. The minimum Gasteiger partial charge on any atom is -0.480 e. The van der Waals surface area contributed by atoms with Crippen molar-refractivity contribution in [2.45, 2.75) is 32.2 Å². The van der Waals surface area contributed by atoms with Gasteiger partial charge in [-0.05, 0) is 31.6 Å². The Kier molecular flexibility index (Phi) is 8.12. The summed E-state index contributed by atoms with van der Waals surface area (Å²) in [6, 6.07) is -0.726. The molecule has 0 aromatic heterocycles. The van der Waals surface area contributed by atoms with E-state index in [1.54, 1.807) is 0 Å². The number of carbonyl (C=O) groups is 1. The van der Waals surface area contributed by atoms with Gasteiger partial charge in [-0.1, -0.05) is 18.7 Å². The smallest absolute Gasteiger partial charge is 0.328 e. The number of unbranched alkanes of at least 4 members (excludes halogenated alkanes) is 1. The Morgan fingerprint density at radius 1 is 1.53 bits per heavy atom. The molecule has 0 aliphatic carbocycles. The molecule has 0 rings (SSSR count). The Morgan fingerprint density at radius 3 is 2.67 bits per heavy atom. The molecule has 1 atom stereocenters. The summed E-state index contributed by atoms with van der Waals surface area (Å²) in [5.74, 6) is -0.128. The maximum Gasteiger partial charge on any atom is 0.328 e. The van der Waals surface area contributed by atoms with Crippen LogP contribution in [0.2, 0.25) is 0 Å². The van der Waals surface area contributed by atoms with Crippen LogP contribution in [0.1, 0.15) is 26.2 Å². The maximum atomic E-state index is 10.8. The van der Waals surface area contributed by atoms with Crippen LogP contribution in [0, 0.1) is 0 Å². The number of aliphatic imine (C=N–C) groups is 1. The second-order valence-corrected chi connectivity index (χ2v) is 4.32. The number of aliphatic carboxylic acids is 1. The molecule has 15 heavy (non-hydrogen) atoms. The molecular formula is C9H19N3O2S. The molecule has 0 unspecified atom stereocenters. The van der Waals surface area contributed by atoms with Crippen molar-refractivity contribution in [3.05, 3.63) is 0 Å². The highest BCUT2D eigenvalue weighted by molar-refractivity contribution is 8.13. The van der Waals surface area contributed by atoms with Crippen LogP contribution in [0.15, 0.2) is 4.99 Å². The van der Waals surface area contributed by atoms with Gasteiger partial charge in [-0.3, -0.25) is 0 Å². The van der Waals surface area contributed by atoms with Gasteiger partial charge in [0.25, 0.3) is 0 Å². The first kappa shape index (κ1) is 14.2. The first-order valence-corrected chi connectivity index (χ1v) is 5.99. The largest absolute Gasteiger partial charge is 0.480 e. The van der Waals surface area contributed by atoms with Gasteiger partial charge in [0, 0.05) is 0 Å². The summed E-state index contributed by atoms with van der Waals surface area (Å²) < 4.78 is 0. The van der Waals surface area contributed by atoms with Gasteiger partial charge in [0.05, 0.1) is 0 Å². The minimum absolute atomic E-state index is 0.345. The summed E-state index contributed by atoms with van der Waals surface area (Å²) >= 11 is 1.36. The highest BCUT2D eigenvalue weighted by atomic mass is 32.2. The Hall–Kier alpha value is -0.750. The number of rotatable bonds is 7. The maximum absolute atomic E-state index is 10.8. The van der Waals surface area contributed by atoms with Gasteiger partial charge in [-0.15, -0.1) is 0 Å². The van der Waals surface area contributed by atoms with Crippen molar-refractivity contribution < 1.29 is 9.90 Å². The van der Waals surface area contributed by atoms with Gasteiger partial charge in [0.15, 0.2) is 5.17 Å². The fraction of sp³-hybridized carbons (Fsp3) is 0.778. The molecule has 0 aliphatic rings. The van der Waals surface area contributed by atoms with E-state index in [9.17, 15) is 4.79 Å². The lowest BCUT2D eigenvalue weighted by atomic mass is 10.1. The summed E-state index contributed by atoms with van der Waals surface area (Å²) in [5, 5.41) is 9.23. The van der Waals surface area contributed by atoms with E-state index in [0.717, 1.165) is 18.6 Å². The number of nitrogens with zero attached hydrogens (tertiary/aromatic N) is 1. The van der Waals surface area contributed by atoms with E-state index >= 15 is 0 Å². The van der Waals surface area contributed by atoms with E-state index in [1.165, 1.54) is 11.8 Å². The van der Waals surface area contributed by atoms with Crippen LogP contribution in [0.5, 0.6) is 0 Å². The molecule has 0 amide bonds. The number of carboxylic acid groups (broad SMARTS) is 1. The molecule has 0 aliphatic heterocycles. The topological polar surface area (TPSA) is 102 Å². The van der Waals surface area contributed by atoms with Crippen molar-refractivity contribution in [2.24, 2.45) is 16.5 Å². The first-order chi connectivity index (χ1) is 7.11. The molecule has 0 radical (unpaired) electrons. The summed E-state index contributed by atoms with van der Waals surface area (Å²) in [4.78, 5) is 14.8. The zero-order valence-electron chi connectivity index (χ0n) is 8.98. The van der Waals surface area contributed by atoms with Crippen LogP contribution >= 0.6 is 11.8 Å². The summed E-state index contributed by atoms with van der Waals surface area (Å²) in [5.41, 5.74) is 10.9. The predicted molar refractivity (Wildman–Crippen MR) is 64.1 cm³/mol. The van der Waals surface area contributed by atoms with E-state index in [2.05, 4.69) is 4.99 Å². The Morgan fingerprint density at radius 2 is 2.20 bits per heavy atom. The minimum atomic E-state index is -0.924. The summed E-state index contributed by atoms with van der Waals surface area (Å²) in [6.45, 7) is 2.52. The van der Waals surface area contributed by atoms with Crippen molar-refractivity contribution >= 4 is 22.9 Å². The van der Waals surface area contributed by atoms with E-state index in [1.807, 2.05) is 6.92 Å². The highest BCUT2D eigenvalue weighted by Crippen LogP contribution is 2.08. The normalized spacial score (nSPS) is 13.9. The van der Waals surface area contributed by atoms with Gasteiger partial charge >= 0.3 is 5.97 Å². The Bertz CT molecular complexity index is 221. The van der Waals surface area contributed by atoms with Crippen molar-refractivity contribution in [2.75, 3.05) is 12.3 Å². The monoisotopic (exact) mass is 233 g/mol. The van der Waals surface area contributed by atoms with Crippen molar-refractivity contribution in [1.82, 2.24) is 0 Å². The second kappa shape index (κ2) is 8.55. The molecule has 0 fully saturated rings. The van der Waals surface area contributed by atoms with Crippen molar-refractivity contribution in [3.8, 4) is 0 Å². The second-order valence-electron chi connectivity index (χ2n) is 3.04. The SMILES string of the molecule is CCSC(N)=N[C@@H](CCCCN)C(=O)O. The van der Waals surface area contributed by atoms with Crippen LogP contribution in [-0.2, 0) is 4.79 Å². The van der Waals surface area contributed by atoms with Gasteiger partial charge < -0.3 is 16.6 Å². The number of hydrogen-bond donors (Lipinski definition) is 3. The molecule has 5 nitrogen and oxygen atoms in total. The third-order valence-electron chi connectivity index (χ3n) is 1.79. The summed E-state index contributed by atoms with van der Waals surface area (Å²) in [6.07, 6.45) is 2.08. The van der Waals surface area contributed by atoms with Gasteiger partial charge in [-0.25, -0.2) is 9.79 Å². The number of nitrogens with two attached hydrogens (primary N) is 2. The Labute approximate surface area is 94.3 Å². The third kappa shape index (κ3) is 7.21. The highest BCUT2D eigenvalue weighted by Gasteiger charge is 2.15. The lowest BCUT2D eigenvalue weighted by molar-refractivity contribution is -0.138. The predicted octanol–water partition coefficient (Wildman–Crippen LogP) is 0.636. The quantitative estimate of drug-likeness (QED) is 0.340. The fourth-order valence-corrected chi connectivity index (χ4v) is 1.56. The molecule has 6 heteroatoms. The van der Waals surface area contributed by atoms with E-state index in [4.69, 9.17) is 16.6 Å². The van der Waals surface area contributed by atoms with Crippen LogP contribution in [0.3, 0.4) is 0 Å². The number of carboxylic acids is 1. The Balaban J connectivity index is 4.14. The van der Waals surface area contributed by atoms with Gasteiger partial charge in [0.1, 0.15) is 6.04 Å². The third-order valence-corrected chi connectivity index (χ3v) is 2.48. The first-order valence-electron chi connectivity index (χ1n) is 5.00. The summed E-state index contributed by atoms with van der Waals surface area (Å²) in [7, 11) is 0. The molecule has 0 saturated heterocycles. The molecule has 0 saturated carbocycles. The molecule has 88 valence electrons. The molecule has 0 aromatic rings. The van der Waals surface area contributed by atoms with Gasteiger partial charge in [-0.2, -0.15) is 0 Å². The molecular weight excluding hydrogens is 214 g/mol. The lowest BCUT2D eigenvalue weighted by Gasteiger charge is -2.08. The van der Waals surface area contributed by atoms with Crippen LogP contribution < -0.4 is 11.5 Å². The molecule has 0 heterocycles. The average Bonchev–Trinajstić information content (AvgIpc) is 2.16. The zero-order chi connectivity index (χ0) is 11.7. The molecule has 5 N–H and O–H groups in total. The van der Waals surface area contributed by atoms with E-state index < -0.39 is 12.0 Å². The van der Waals surface area contributed by atoms with E-state index in [0.29, 0.717) is 18.1 Å². The molecule has 0 spiro atoms. The average molecular weight is 233 g/mol. The van der Waals surface area contributed by atoms with Crippen molar-refractivity contribution in [1.29, 1.82) is 0 Å². The number of amidine groups is 1. The molecule has 0 aromatic carbocycles. The van der Waals surface area contributed by atoms with Crippen LogP contribution in [0.4, 0.5) is 0 Å². The van der Waals surface area contributed by atoms with Crippen molar-refractivity contribution in [3.63, 3.8) is 0 Å². The van der Waals surface area contributed by atoms with Crippen LogP contribution in [-0.4, -0.2) is 34.6 Å². The van der Waals surface area contributed by atoms with E-state index in [-0.39, 0.29) is 0 Å².